The molecule has 0 saturated carbocycles. The molecule has 1 aromatic heterocycles. The van der Waals surface area contributed by atoms with Crippen LogP contribution in [0.3, 0.4) is 0 Å². The zero-order valence-electron chi connectivity index (χ0n) is 13.4. The molecular weight excluding hydrogens is 286 g/mol. The lowest BCUT2D eigenvalue weighted by Crippen LogP contribution is -2.46. The maximum Gasteiger partial charge on any atom is 0.241 e. The number of rotatable bonds is 9. The summed E-state index contributed by atoms with van der Waals surface area (Å²) in [6.07, 6.45) is 4.79. The third kappa shape index (κ3) is 4.68. The van der Waals surface area contributed by atoms with Gasteiger partial charge in [-0.3, -0.25) is 0 Å². The van der Waals surface area contributed by atoms with Gasteiger partial charge in [-0.25, -0.2) is 18.1 Å². The zero-order valence-corrected chi connectivity index (χ0v) is 14.3. The Morgan fingerprint density at radius 1 is 1.14 bits per heavy atom. The van der Waals surface area contributed by atoms with E-state index in [1.54, 1.807) is 6.07 Å². The van der Waals surface area contributed by atoms with Gasteiger partial charge in [0.2, 0.25) is 10.0 Å². The molecule has 2 N–H and O–H groups in total. The van der Waals surface area contributed by atoms with Gasteiger partial charge in [-0.1, -0.05) is 27.7 Å². The highest BCUT2D eigenvalue weighted by atomic mass is 32.2. The van der Waals surface area contributed by atoms with E-state index >= 15 is 0 Å². The highest BCUT2D eigenvalue weighted by Gasteiger charge is 2.30. The molecule has 0 atom stereocenters. The molecule has 0 aliphatic heterocycles. The van der Waals surface area contributed by atoms with E-state index in [1.165, 1.54) is 12.3 Å². The fraction of sp³-hybridized carbons (Fsp3) is 0.667. The van der Waals surface area contributed by atoms with E-state index in [1.807, 2.05) is 27.7 Å². The first kappa shape index (κ1) is 17.9. The first-order chi connectivity index (χ1) is 9.93. The third-order valence-corrected chi connectivity index (χ3v) is 5.56. The van der Waals surface area contributed by atoms with Crippen LogP contribution in [0.4, 0.5) is 5.82 Å². The third-order valence-electron chi connectivity index (χ3n) is 3.98. The van der Waals surface area contributed by atoms with Gasteiger partial charge >= 0.3 is 0 Å². The minimum atomic E-state index is -3.53. The Morgan fingerprint density at radius 2 is 1.76 bits per heavy atom. The molecule has 1 aromatic rings. The molecule has 0 amide bonds. The summed E-state index contributed by atoms with van der Waals surface area (Å²) in [5.41, 5.74) is -0.376. The number of anilines is 1. The number of pyridine rings is 1. The van der Waals surface area contributed by atoms with Crippen molar-refractivity contribution in [1.82, 2.24) is 9.71 Å². The first-order valence-corrected chi connectivity index (χ1v) is 9.15. The lowest BCUT2D eigenvalue weighted by atomic mass is 9.91. The Bertz CT molecular complexity index is 531. The molecule has 0 unspecified atom stereocenters. The molecule has 1 heterocycles. The van der Waals surface area contributed by atoms with E-state index in [4.69, 9.17) is 0 Å². The normalized spacial score (nSPS) is 12.4. The highest BCUT2D eigenvalue weighted by molar-refractivity contribution is 7.89. The predicted octanol–water partition coefficient (Wildman–Crippen LogP) is 3.15. The number of hydrogen-bond acceptors (Lipinski definition) is 4. The quantitative estimate of drug-likeness (QED) is 0.734. The lowest BCUT2D eigenvalue weighted by Gasteiger charge is -2.31. The molecule has 21 heavy (non-hydrogen) atoms. The van der Waals surface area contributed by atoms with Crippen molar-refractivity contribution in [2.75, 3.05) is 11.9 Å². The van der Waals surface area contributed by atoms with Gasteiger partial charge in [0, 0.05) is 24.3 Å². The molecule has 5 nitrogen and oxygen atoms in total. The van der Waals surface area contributed by atoms with Gasteiger partial charge in [-0.15, -0.1) is 0 Å². The Labute approximate surface area is 128 Å². The van der Waals surface area contributed by atoms with Crippen molar-refractivity contribution in [2.45, 2.75) is 63.8 Å². The van der Waals surface area contributed by atoms with Crippen LogP contribution in [0.2, 0.25) is 0 Å². The van der Waals surface area contributed by atoms with Gasteiger partial charge in [0.05, 0.1) is 4.90 Å². The molecule has 0 spiro atoms. The van der Waals surface area contributed by atoms with E-state index in [9.17, 15) is 8.42 Å². The molecule has 0 aromatic carbocycles. The number of hydrogen-bond donors (Lipinski definition) is 2. The number of nitrogens with one attached hydrogen (secondary N) is 2. The average Bonchev–Trinajstić information content (AvgIpc) is 2.51. The van der Waals surface area contributed by atoms with Gasteiger partial charge in [-0.2, -0.15) is 0 Å². The van der Waals surface area contributed by atoms with Gasteiger partial charge < -0.3 is 5.32 Å². The number of nitrogens with zero attached hydrogens (tertiary/aromatic N) is 1. The van der Waals surface area contributed by atoms with Crippen molar-refractivity contribution in [2.24, 2.45) is 0 Å². The minimum absolute atomic E-state index is 0.260. The molecule has 120 valence electrons. The molecule has 0 aliphatic carbocycles. The lowest BCUT2D eigenvalue weighted by molar-refractivity contribution is 0.341. The van der Waals surface area contributed by atoms with Crippen LogP contribution in [0.1, 0.15) is 53.4 Å². The van der Waals surface area contributed by atoms with Crippen LogP contribution in [0.25, 0.3) is 0 Å². The number of sulfonamides is 1. The molecule has 1 rings (SSSR count). The maximum absolute atomic E-state index is 12.6. The van der Waals surface area contributed by atoms with E-state index in [0.717, 1.165) is 32.2 Å². The molecule has 6 heteroatoms. The second-order valence-corrected chi connectivity index (χ2v) is 6.93. The molecule has 0 aliphatic rings. The van der Waals surface area contributed by atoms with Crippen molar-refractivity contribution in [3.8, 4) is 0 Å². The smallest absolute Gasteiger partial charge is 0.241 e. The molecule has 0 fully saturated rings. The van der Waals surface area contributed by atoms with Gasteiger partial charge in [0.1, 0.15) is 5.82 Å². The summed E-state index contributed by atoms with van der Waals surface area (Å²) in [6, 6.07) is 3.12. The van der Waals surface area contributed by atoms with Crippen LogP contribution in [0.15, 0.2) is 23.2 Å². The topological polar surface area (TPSA) is 71.1 Å². The van der Waals surface area contributed by atoms with Gasteiger partial charge in [-0.05, 0) is 31.7 Å². The van der Waals surface area contributed by atoms with Gasteiger partial charge in [0.15, 0.2) is 0 Å². The monoisotopic (exact) mass is 313 g/mol. The fourth-order valence-corrected chi connectivity index (χ4v) is 3.87. The van der Waals surface area contributed by atoms with Gasteiger partial charge in [0.25, 0.3) is 0 Å². The van der Waals surface area contributed by atoms with Crippen molar-refractivity contribution in [1.29, 1.82) is 0 Å². The van der Waals surface area contributed by atoms with E-state index < -0.39 is 10.0 Å². The zero-order chi connectivity index (χ0) is 15.9. The number of aromatic nitrogens is 1. The van der Waals surface area contributed by atoms with Crippen LogP contribution < -0.4 is 10.0 Å². The molecule has 0 radical (unpaired) electrons. The summed E-state index contributed by atoms with van der Waals surface area (Å²) in [5, 5.41) is 3.11. The van der Waals surface area contributed by atoms with Crippen molar-refractivity contribution >= 4 is 15.8 Å². The van der Waals surface area contributed by atoms with Crippen LogP contribution >= 0.6 is 0 Å². The van der Waals surface area contributed by atoms with Crippen LogP contribution in [-0.4, -0.2) is 25.5 Å². The Balaban J connectivity index is 3.02. The minimum Gasteiger partial charge on any atom is -0.370 e. The molecule has 0 bridgehead atoms. The van der Waals surface area contributed by atoms with Crippen molar-refractivity contribution in [3.63, 3.8) is 0 Å². The largest absolute Gasteiger partial charge is 0.370 e. The summed E-state index contributed by atoms with van der Waals surface area (Å²) >= 11 is 0. The first-order valence-electron chi connectivity index (χ1n) is 7.67. The standard InChI is InChI=1S/C15H27N3O2S/c1-5-10-16-14-12-13(9-11-17-14)21(19,20)18-15(6-2,7-3)8-4/h9,11-12,18H,5-8,10H2,1-4H3,(H,16,17). The summed E-state index contributed by atoms with van der Waals surface area (Å²) < 4.78 is 28.0. The predicted molar refractivity (Wildman–Crippen MR) is 86.9 cm³/mol. The second kappa shape index (κ2) is 7.75. The van der Waals surface area contributed by atoms with Crippen LogP contribution in [-0.2, 0) is 10.0 Å². The summed E-state index contributed by atoms with van der Waals surface area (Å²) in [7, 11) is -3.53. The summed E-state index contributed by atoms with van der Waals surface area (Å²) in [5.74, 6) is 0.592. The van der Waals surface area contributed by atoms with E-state index in [-0.39, 0.29) is 10.4 Å². The average molecular weight is 313 g/mol. The van der Waals surface area contributed by atoms with Crippen LogP contribution in [0, 0.1) is 0 Å². The summed E-state index contributed by atoms with van der Waals surface area (Å²) in [4.78, 5) is 4.40. The van der Waals surface area contributed by atoms with E-state index in [2.05, 4.69) is 15.0 Å². The summed E-state index contributed by atoms with van der Waals surface area (Å²) in [6.45, 7) is 8.85. The SMILES string of the molecule is CCCNc1cc(S(=O)(=O)NC(CC)(CC)CC)ccn1. The van der Waals surface area contributed by atoms with E-state index in [0.29, 0.717) is 5.82 Å². The molecular formula is C15H27N3O2S. The second-order valence-electron chi connectivity index (χ2n) is 5.25. The highest BCUT2D eigenvalue weighted by Crippen LogP contribution is 2.23. The Hall–Kier alpha value is -1.14. The fourth-order valence-electron chi connectivity index (χ4n) is 2.24. The Morgan fingerprint density at radius 3 is 2.29 bits per heavy atom. The van der Waals surface area contributed by atoms with Crippen LogP contribution in [0.5, 0.6) is 0 Å². The Kier molecular flexibility index (Phi) is 6.61. The van der Waals surface area contributed by atoms with Crippen molar-refractivity contribution in [3.05, 3.63) is 18.3 Å². The maximum atomic E-state index is 12.6. The molecule has 0 saturated heterocycles. The van der Waals surface area contributed by atoms with Crippen molar-refractivity contribution < 1.29 is 8.42 Å².